The van der Waals surface area contributed by atoms with Gasteiger partial charge in [-0.05, 0) is 42.8 Å². The lowest BCUT2D eigenvalue weighted by atomic mass is 10.1. The highest BCUT2D eigenvalue weighted by Crippen LogP contribution is 2.30. The van der Waals surface area contributed by atoms with Gasteiger partial charge in [0.25, 0.3) is 0 Å². The maximum atomic E-state index is 12.6. The van der Waals surface area contributed by atoms with E-state index in [9.17, 15) is 18.0 Å². The lowest BCUT2D eigenvalue weighted by Crippen LogP contribution is -2.04. The molecule has 1 heterocycles. The molecule has 0 bridgehead atoms. The number of anilines is 1. The Morgan fingerprint density at radius 1 is 1.13 bits per heavy atom. The third-order valence-corrected chi connectivity index (χ3v) is 3.99. The molecule has 156 valence electrons. The van der Waals surface area contributed by atoms with Gasteiger partial charge < -0.3 is 14.6 Å². The van der Waals surface area contributed by atoms with Gasteiger partial charge in [0.2, 0.25) is 11.7 Å². The summed E-state index contributed by atoms with van der Waals surface area (Å²) in [5, 5.41) is 6.91. The molecule has 0 aliphatic rings. The number of carbonyl (C=O) groups is 1. The summed E-state index contributed by atoms with van der Waals surface area (Å²) in [6, 6.07) is 11.8. The highest BCUT2D eigenvalue weighted by Gasteiger charge is 2.30. The molecule has 0 aliphatic carbocycles. The van der Waals surface area contributed by atoms with Gasteiger partial charge in [-0.25, -0.2) is 4.79 Å². The molecule has 0 saturated carbocycles. The van der Waals surface area contributed by atoms with Crippen LogP contribution < -0.4 is 5.32 Å². The van der Waals surface area contributed by atoms with Crippen LogP contribution in [0.1, 0.15) is 23.9 Å². The third-order valence-electron chi connectivity index (χ3n) is 3.99. The number of halogens is 3. The first-order chi connectivity index (χ1) is 14.3. The minimum absolute atomic E-state index is 0.208. The molecule has 0 radical (unpaired) electrons. The number of hydrogen-bond donors (Lipinski definition) is 1. The van der Waals surface area contributed by atoms with Gasteiger partial charge in [-0.1, -0.05) is 29.4 Å². The zero-order chi connectivity index (χ0) is 21.6. The van der Waals surface area contributed by atoms with Gasteiger partial charge in [-0.15, -0.1) is 0 Å². The maximum absolute atomic E-state index is 12.6. The van der Waals surface area contributed by atoms with E-state index in [1.807, 2.05) is 24.3 Å². The Bertz CT molecular complexity index is 1010. The average molecular weight is 417 g/mol. The second kappa shape index (κ2) is 9.25. The van der Waals surface area contributed by atoms with Crippen molar-refractivity contribution in [1.29, 1.82) is 0 Å². The Morgan fingerprint density at radius 3 is 2.47 bits per heavy atom. The summed E-state index contributed by atoms with van der Waals surface area (Å²) >= 11 is 0. The summed E-state index contributed by atoms with van der Waals surface area (Å²) in [5.74, 6) is 0.0936. The van der Waals surface area contributed by atoms with E-state index in [2.05, 4.69) is 15.5 Å². The first-order valence-corrected chi connectivity index (χ1v) is 9.04. The zero-order valence-corrected chi connectivity index (χ0v) is 15.9. The van der Waals surface area contributed by atoms with Crippen molar-refractivity contribution >= 4 is 17.7 Å². The summed E-state index contributed by atoms with van der Waals surface area (Å²) in [6.07, 6.45) is -1.39. The van der Waals surface area contributed by atoms with Crippen molar-refractivity contribution < 1.29 is 27.2 Å². The Hall–Kier alpha value is -3.62. The van der Waals surface area contributed by atoms with Crippen LogP contribution in [0.5, 0.6) is 0 Å². The number of rotatable bonds is 7. The fraction of sp³-hybridized carbons (Fsp3) is 0.190. The van der Waals surface area contributed by atoms with Crippen molar-refractivity contribution in [3.05, 3.63) is 71.6 Å². The number of nitrogens with zero attached hydrogens (tertiary/aromatic N) is 2. The summed E-state index contributed by atoms with van der Waals surface area (Å²) in [5.41, 5.74) is 1.31. The van der Waals surface area contributed by atoms with Gasteiger partial charge in [0.15, 0.2) is 0 Å². The van der Waals surface area contributed by atoms with E-state index in [1.54, 1.807) is 13.0 Å². The Morgan fingerprint density at radius 2 is 1.83 bits per heavy atom. The van der Waals surface area contributed by atoms with Crippen molar-refractivity contribution in [3.8, 4) is 11.4 Å². The van der Waals surface area contributed by atoms with Crippen LogP contribution in [0.3, 0.4) is 0 Å². The maximum Gasteiger partial charge on any atom is 0.416 e. The van der Waals surface area contributed by atoms with Crippen LogP contribution in [0.2, 0.25) is 0 Å². The highest BCUT2D eigenvalue weighted by atomic mass is 19.4. The predicted octanol–water partition coefficient (Wildman–Crippen LogP) is 4.94. The molecule has 1 aromatic heterocycles. The molecule has 6 nitrogen and oxygen atoms in total. The SMILES string of the molecule is CCOC(=O)/C=C/c1ccc(NCc2nc(-c3ccc(C(F)(F)F)cc3)no2)cc1. The minimum Gasteiger partial charge on any atom is -0.463 e. The summed E-state index contributed by atoms with van der Waals surface area (Å²) in [6.45, 7) is 2.30. The largest absolute Gasteiger partial charge is 0.463 e. The second-order valence-corrected chi connectivity index (χ2v) is 6.15. The molecule has 0 fully saturated rings. The predicted molar refractivity (Wildman–Crippen MR) is 104 cm³/mol. The number of aromatic nitrogens is 2. The van der Waals surface area contributed by atoms with Crippen LogP contribution >= 0.6 is 0 Å². The monoisotopic (exact) mass is 417 g/mol. The van der Waals surface area contributed by atoms with Gasteiger partial charge in [0.1, 0.15) is 0 Å². The molecule has 0 saturated heterocycles. The number of hydrogen-bond acceptors (Lipinski definition) is 6. The molecule has 1 N–H and O–H groups in total. The molecule has 0 amide bonds. The Kier molecular flexibility index (Phi) is 6.51. The van der Waals surface area contributed by atoms with Crippen molar-refractivity contribution in [3.63, 3.8) is 0 Å². The number of alkyl halides is 3. The van der Waals surface area contributed by atoms with Gasteiger partial charge in [0.05, 0.1) is 18.7 Å². The molecular weight excluding hydrogens is 399 g/mol. The van der Waals surface area contributed by atoms with Crippen LogP contribution in [-0.4, -0.2) is 22.7 Å². The topological polar surface area (TPSA) is 77.2 Å². The fourth-order valence-electron chi connectivity index (χ4n) is 2.50. The first kappa shape index (κ1) is 21.1. The van der Waals surface area contributed by atoms with E-state index in [0.717, 1.165) is 23.4 Å². The number of carbonyl (C=O) groups excluding carboxylic acids is 1. The normalized spacial score (nSPS) is 11.6. The van der Waals surface area contributed by atoms with Gasteiger partial charge in [0, 0.05) is 17.3 Å². The minimum atomic E-state index is -4.39. The molecule has 0 unspecified atom stereocenters. The lowest BCUT2D eigenvalue weighted by molar-refractivity contribution is -0.138. The number of nitrogens with one attached hydrogen (secondary N) is 1. The standard InChI is InChI=1S/C21H18F3N3O3/c1-2-29-19(28)12-5-14-3-10-17(11-4-14)25-13-18-26-20(27-30-18)15-6-8-16(9-7-15)21(22,23)24/h3-12,25H,2,13H2,1H3/b12-5+. The van der Waals surface area contributed by atoms with Gasteiger partial charge in [-0.2, -0.15) is 18.2 Å². The summed E-state index contributed by atoms with van der Waals surface area (Å²) < 4.78 is 47.9. The molecule has 0 spiro atoms. The van der Waals surface area contributed by atoms with E-state index in [1.165, 1.54) is 18.2 Å². The summed E-state index contributed by atoms with van der Waals surface area (Å²) in [4.78, 5) is 15.5. The van der Waals surface area contributed by atoms with E-state index in [-0.39, 0.29) is 18.3 Å². The average Bonchev–Trinajstić information content (AvgIpc) is 3.20. The Labute approximate surface area is 170 Å². The van der Waals surface area contributed by atoms with Crippen LogP contribution in [0.15, 0.2) is 59.1 Å². The van der Waals surface area contributed by atoms with E-state index >= 15 is 0 Å². The number of benzene rings is 2. The van der Waals surface area contributed by atoms with Crippen molar-refractivity contribution in [2.45, 2.75) is 19.6 Å². The molecule has 2 aromatic carbocycles. The molecule has 3 rings (SSSR count). The van der Waals surface area contributed by atoms with Crippen LogP contribution in [0, 0.1) is 0 Å². The highest BCUT2D eigenvalue weighted by molar-refractivity contribution is 5.87. The Balaban J connectivity index is 1.57. The molecule has 9 heteroatoms. The van der Waals surface area contributed by atoms with Crippen LogP contribution in [0.4, 0.5) is 18.9 Å². The van der Waals surface area contributed by atoms with Crippen molar-refractivity contribution in [2.24, 2.45) is 0 Å². The number of esters is 1. The van der Waals surface area contributed by atoms with E-state index in [4.69, 9.17) is 9.26 Å². The summed E-state index contributed by atoms with van der Waals surface area (Å²) in [7, 11) is 0. The molecular formula is C21H18F3N3O3. The molecule has 30 heavy (non-hydrogen) atoms. The fourth-order valence-corrected chi connectivity index (χ4v) is 2.50. The van der Waals surface area contributed by atoms with Crippen LogP contribution in [0.25, 0.3) is 17.5 Å². The molecule has 0 aliphatic heterocycles. The second-order valence-electron chi connectivity index (χ2n) is 6.15. The van der Waals surface area contributed by atoms with Gasteiger partial charge >= 0.3 is 12.1 Å². The third kappa shape index (κ3) is 5.69. The van der Waals surface area contributed by atoms with E-state index in [0.29, 0.717) is 12.2 Å². The van der Waals surface area contributed by atoms with Crippen LogP contribution in [-0.2, 0) is 22.3 Å². The first-order valence-electron chi connectivity index (χ1n) is 9.04. The van der Waals surface area contributed by atoms with Gasteiger partial charge in [-0.3, -0.25) is 0 Å². The molecule has 3 aromatic rings. The van der Waals surface area contributed by atoms with E-state index < -0.39 is 17.7 Å². The lowest BCUT2D eigenvalue weighted by Gasteiger charge is -2.05. The molecule has 0 atom stereocenters. The zero-order valence-electron chi connectivity index (χ0n) is 15.9. The quantitative estimate of drug-likeness (QED) is 0.433. The van der Waals surface area contributed by atoms with Crippen molar-refractivity contribution in [1.82, 2.24) is 10.1 Å². The smallest absolute Gasteiger partial charge is 0.416 e. The van der Waals surface area contributed by atoms with Crippen molar-refractivity contribution in [2.75, 3.05) is 11.9 Å². The number of ether oxygens (including phenoxy) is 1.